The molecule has 1 N–H and O–H groups in total. The van der Waals surface area contributed by atoms with E-state index >= 15 is 0 Å². The molecular formula is C18H24FN3O2. The second-order valence-corrected chi connectivity index (χ2v) is 6.49. The summed E-state index contributed by atoms with van der Waals surface area (Å²) in [4.78, 5) is 2.41. The predicted octanol–water partition coefficient (Wildman–Crippen LogP) is 2.90. The molecule has 1 aliphatic heterocycles. The Hall–Kier alpha value is -1.79. The van der Waals surface area contributed by atoms with Crippen molar-refractivity contribution in [3.63, 3.8) is 0 Å². The van der Waals surface area contributed by atoms with Crippen LogP contribution < -0.4 is 0 Å². The molecule has 1 atom stereocenters. The largest absolute Gasteiger partial charge is 0.426 e. The number of hydrogen-bond donors (Lipinski definition) is 1. The molecule has 0 radical (unpaired) electrons. The van der Waals surface area contributed by atoms with Gasteiger partial charge < -0.3 is 14.4 Å². The van der Waals surface area contributed by atoms with Crippen LogP contribution in [0.25, 0.3) is 0 Å². The van der Waals surface area contributed by atoms with Crippen LogP contribution in [-0.4, -0.2) is 39.8 Å². The van der Waals surface area contributed by atoms with Gasteiger partial charge in [-0.2, -0.15) is 0 Å². The highest BCUT2D eigenvalue weighted by molar-refractivity contribution is 5.19. The van der Waals surface area contributed by atoms with Gasteiger partial charge in [0.1, 0.15) is 5.82 Å². The molecule has 1 unspecified atom stereocenters. The summed E-state index contributed by atoms with van der Waals surface area (Å²) in [7, 11) is 0. The van der Waals surface area contributed by atoms with E-state index in [4.69, 9.17) is 4.42 Å². The summed E-state index contributed by atoms with van der Waals surface area (Å²) in [6.45, 7) is 4.76. The second kappa shape index (κ2) is 7.85. The molecule has 2 heterocycles. The lowest BCUT2D eigenvalue weighted by atomic mass is 9.87. The molecule has 130 valence electrons. The lowest BCUT2D eigenvalue weighted by Gasteiger charge is -2.34. The van der Waals surface area contributed by atoms with E-state index in [1.54, 1.807) is 19.1 Å². The number of aryl methyl sites for hydroxylation is 2. The lowest BCUT2D eigenvalue weighted by Crippen LogP contribution is -2.36. The van der Waals surface area contributed by atoms with Crippen molar-refractivity contribution in [3.05, 3.63) is 47.4 Å². The van der Waals surface area contributed by atoms with Crippen molar-refractivity contribution in [2.45, 2.75) is 38.7 Å². The van der Waals surface area contributed by atoms with Crippen molar-refractivity contribution in [2.75, 3.05) is 19.6 Å². The highest BCUT2D eigenvalue weighted by Gasteiger charge is 2.26. The van der Waals surface area contributed by atoms with Crippen molar-refractivity contribution in [1.82, 2.24) is 15.1 Å². The molecule has 1 aliphatic rings. The molecular weight excluding hydrogens is 309 g/mol. The van der Waals surface area contributed by atoms with Crippen LogP contribution in [0.3, 0.4) is 0 Å². The predicted molar refractivity (Wildman–Crippen MR) is 87.9 cm³/mol. The number of halogens is 1. The van der Waals surface area contributed by atoms with E-state index < -0.39 is 6.10 Å². The van der Waals surface area contributed by atoms with Gasteiger partial charge in [-0.3, -0.25) is 0 Å². The fourth-order valence-corrected chi connectivity index (χ4v) is 3.32. The summed E-state index contributed by atoms with van der Waals surface area (Å²) in [5.74, 6) is 1.29. The zero-order chi connectivity index (χ0) is 16.9. The number of hydrogen-bond acceptors (Lipinski definition) is 5. The molecule has 0 spiro atoms. The zero-order valence-corrected chi connectivity index (χ0v) is 14.0. The molecule has 5 nitrogen and oxygen atoms in total. The van der Waals surface area contributed by atoms with Crippen molar-refractivity contribution in [2.24, 2.45) is 5.92 Å². The average molecular weight is 333 g/mol. The van der Waals surface area contributed by atoms with Crippen molar-refractivity contribution >= 4 is 0 Å². The van der Waals surface area contributed by atoms with Crippen LogP contribution in [0, 0.1) is 18.7 Å². The summed E-state index contributed by atoms with van der Waals surface area (Å²) in [6.07, 6.45) is 3.21. The highest BCUT2D eigenvalue weighted by atomic mass is 19.1. The van der Waals surface area contributed by atoms with Crippen LogP contribution >= 0.6 is 0 Å². The normalized spacial score (nSPS) is 18.0. The Morgan fingerprint density at radius 2 is 1.96 bits per heavy atom. The van der Waals surface area contributed by atoms with Gasteiger partial charge in [-0.25, -0.2) is 4.39 Å². The van der Waals surface area contributed by atoms with Crippen LogP contribution in [0.5, 0.6) is 0 Å². The minimum atomic E-state index is -0.505. The monoisotopic (exact) mass is 333 g/mol. The SMILES string of the molecule is Cc1nnc(CCCN2CCC(C(O)c3ccc(F)cc3)CC2)o1. The molecule has 1 saturated heterocycles. The van der Waals surface area contributed by atoms with Crippen molar-refractivity contribution in [3.8, 4) is 0 Å². The van der Waals surface area contributed by atoms with Crippen molar-refractivity contribution in [1.29, 1.82) is 0 Å². The maximum Gasteiger partial charge on any atom is 0.216 e. The first kappa shape index (κ1) is 17.0. The van der Waals surface area contributed by atoms with E-state index in [2.05, 4.69) is 15.1 Å². The Morgan fingerprint density at radius 3 is 2.58 bits per heavy atom. The van der Waals surface area contributed by atoms with Gasteiger partial charge in [0.05, 0.1) is 6.10 Å². The summed E-state index contributed by atoms with van der Waals surface area (Å²) < 4.78 is 18.4. The quantitative estimate of drug-likeness (QED) is 0.881. The van der Waals surface area contributed by atoms with Gasteiger partial charge in [-0.15, -0.1) is 10.2 Å². The Balaban J connectivity index is 1.41. The Kier molecular flexibility index (Phi) is 5.58. The molecule has 0 aliphatic carbocycles. The van der Waals surface area contributed by atoms with E-state index in [-0.39, 0.29) is 11.7 Å². The molecule has 2 aromatic rings. The molecule has 0 bridgehead atoms. The van der Waals surface area contributed by atoms with Crippen LogP contribution in [0.1, 0.15) is 42.7 Å². The van der Waals surface area contributed by atoms with Crippen molar-refractivity contribution < 1.29 is 13.9 Å². The van der Waals surface area contributed by atoms with Gasteiger partial charge in [0.2, 0.25) is 11.8 Å². The molecule has 0 amide bonds. The summed E-state index contributed by atoms with van der Waals surface area (Å²) in [5.41, 5.74) is 0.807. The first-order valence-corrected chi connectivity index (χ1v) is 8.56. The van der Waals surface area contributed by atoms with E-state index in [1.165, 1.54) is 12.1 Å². The van der Waals surface area contributed by atoms with Gasteiger partial charge in [-0.1, -0.05) is 12.1 Å². The minimum absolute atomic E-state index is 0.241. The molecule has 1 aromatic carbocycles. The third-order valence-corrected chi connectivity index (χ3v) is 4.72. The first-order valence-electron chi connectivity index (χ1n) is 8.56. The molecule has 6 heteroatoms. The topological polar surface area (TPSA) is 62.4 Å². The number of aromatic nitrogens is 2. The summed E-state index contributed by atoms with van der Waals surface area (Å²) >= 11 is 0. The first-order chi connectivity index (χ1) is 11.6. The Labute approximate surface area is 141 Å². The number of rotatable bonds is 6. The molecule has 24 heavy (non-hydrogen) atoms. The van der Waals surface area contributed by atoms with E-state index in [0.717, 1.165) is 50.9 Å². The summed E-state index contributed by atoms with van der Waals surface area (Å²) in [5, 5.41) is 18.3. The van der Waals surface area contributed by atoms with Gasteiger partial charge in [0.15, 0.2) is 0 Å². The van der Waals surface area contributed by atoms with Gasteiger partial charge in [0, 0.05) is 13.3 Å². The zero-order valence-electron chi connectivity index (χ0n) is 14.0. The number of aliphatic hydroxyl groups is 1. The number of piperidine rings is 1. The smallest absolute Gasteiger partial charge is 0.216 e. The maximum absolute atomic E-state index is 13.0. The number of aliphatic hydroxyl groups excluding tert-OH is 1. The van der Waals surface area contributed by atoms with Gasteiger partial charge >= 0.3 is 0 Å². The van der Waals surface area contributed by atoms with E-state index in [1.807, 2.05) is 0 Å². The second-order valence-electron chi connectivity index (χ2n) is 6.49. The number of benzene rings is 1. The van der Waals surface area contributed by atoms with Crippen LogP contribution in [0.4, 0.5) is 4.39 Å². The molecule has 1 aromatic heterocycles. The van der Waals surface area contributed by atoms with E-state index in [9.17, 15) is 9.50 Å². The fourth-order valence-electron chi connectivity index (χ4n) is 3.32. The lowest BCUT2D eigenvalue weighted by molar-refractivity contribution is 0.0585. The average Bonchev–Trinajstić information content (AvgIpc) is 3.01. The van der Waals surface area contributed by atoms with Crippen LogP contribution in [0.15, 0.2) is 28.7 Å². The van der Waals surface area contributed by atoms with E-state index in [0.29, 0.717) is 11.8 Å². The number of nitrogens with zero attached hydrogens (tertiary/aromatic N) is 3. The molecule has 3 rings (SSSR count). The third kappa shape index (κ3) is 4.39. The molecule has 1 fully saturated rings. The summed E-state index contributed by atoms with van der Waals surface area (Å²) in [6, 6.07) is 6.18. The maximum atomic E-state index is 13.0. The van der Waals surface area contributed by atoms with Gasteiger partial charge in [-0.05, 0) is 62.5 Å². The molecule has 0 saturated carbocycles. The Morgan fingerprint density at radius 1 is 1.25 bits per heavy atom. The standard InChI is InChI=1S/C18H24FN3O2/c1-13-20-21-17(24-13)3-2-10-22-11-8-15(9-12-22)18(23)14-4-6-16(19)7-5-14/h4-7,15,18,23H,2-3,8-12H2,1H3. The third-order valence-electron chi connectivity index (χ3n) is 4.72. The van der Waals surface area contributed by atoms with Gasteiger partial charge in [0.25, 0.3) is 0 Å². The Bertz CT molecular complexity index is 636. The highest BCUT2D eigenvalue weighted by Crippen LogP contribution is 2.30. The minimum Gasteiger partial charge on any atom is -0.426 e. The fraction of sp³-hybridized carbons (Fsp3) is 0.556. The van der Waals surface area contributed by atoms with Crippen LogP contribution in [-0.2, 0) is 6.42 Å². The number of likely N-dealkylation sites (tertiary alicyclic amines) is 1. The van der Waals surface area contributed by atoms with Crippen LogP contribution in [0.2, 0.25) is 0 Å².